The summed E-state index contributed by atoms with van der Waals surface area (Å²) in [5.74, 6) is 0.323. The van der Waals surface area contributed by atoms with Crippen LogP contribution in [0.3, 0.4) is 0 Å². The minimum atomic E-state index is -3.53. The second-order valence-electron chi connectivity index (χ2n) is 8.55. The maximum atomic E-state index is 13.2. The molecule has 2 fully saturated rings. The summed E-state index contributed by atoms with van der Waals surface area (Å²) in [5, 5.41) is 9.38. The van der Waals surface area contributed by atoms with Gasteiger partial charge in [0.1, 0.15) is 5.25 Å². The van der Waals surface area contributed by atoms with E-state index < -0.39 is 32.8 Å². The van der Waals surface area contributed by atoms with Crippen molar-refractivity contribution < 1.29 is 18.3 Å². The minimum absolute atomic E-state index is 0.0523. The summed E-state index contributed by atoms with van der Waals surface area (Å²) in [5.41, 5.74) is 0.750. The largest absolute Gasteiger partial charge is 0.465 e. The second-order valence-corrected chi connectivity index (χ2v) is 11.1. The van der Waals surface area contributed by atoms with Crippen molar-refractivity contribution in [3.05, 3.63) is 34.9 Å². The molecule has 3 rings (SSSR count). The van der Waals surface area contributed by atoms with Crippen LogP contribution in [0.25, 0.3) is 0 Å². The molecule has 150 valence electrons. The fourth-order valence-corrected chi connectivity index (χ4v) is 6.78. The molecule has 0 bridgehead atoms. The van der Waals surface area contributed by atoms with Crippen LogP contribution in [0.1, 0.15) is 45.1 Å². The van der Waals surface area contributed by atoms with Gasteiger partial charge in [-0.05, 0) is 41.9 Å². The highest BCUT2D eigenvalue weighted by Gasteiger charge is 2.55. The van der Waals surface area contributed by atoms with Gasteiger partial charge in [-0.25, -0.2) is 17.5 Å². The smallest absolute Gasteiger partial charge is 0.407 e. The number of sulfonamides is 1. The molecule has 1 N–H and O–H groups in total. The molecule has 8 heteroatoms. The molecule has 1 aromatic carbocycles. The zero-order valence-electron chi connectivity index (χ0n) is 15.9. The molecule has 2 unspecified atom stereocenters. The van der Waals surface area contributed by atoms with E-state index >= 15 is 0 Å². The van der Waals surface area contributed by atoms with Crippen molar-refractivity contribution in [2.24, 2.45) is 5.41 Å². The normalized spacial score (nSPS) is 25.3. The van der Waals surface area contributed by atoms with Gasteiger partial charge in [-0.1, -0.05) is 44.5 Å². The molecule has 0 aliphatic carbocycles. The van der Waals surface area contributed by atoms with Crippen molar-refractivity contribution in [1.82, 2.24) is 9.21 Å². The van der Waals surface area contributed by atoms with Crippen LogP contribution in [0.2, 0.25) is 5.02 Å². The fourth-order valence-electron chi connectivity index (χ4n) is 4.32. The summed E-state index contributed by atoms with van der Waals surface area (Å²) in [6, 6.07) is 7.22. The van der Waals surface area contributed by atoms with Gasteiger partial charge in [0.05, 0.1) is 6.04 Å². The van der Waals surface area contributed by atoms with Crippen LogP contribution in [-0.4, -0.2) is 59.7 Å². The standard InChI is InChI=1S/C19H27ClN2O4S/c1-19(2,3)17-16(12-22(17)18(23)24)27(25,26)21-10-8-14(9-11-21)13-4-6-15(20)7-5-13/h4-7,14,16-17H,8-12H2,1-3H3,(H,23,24). The van der Waals surface area contributed by atoms with Crippen molar-refractivity contribution >= 4 is 27.7 Å². The molecule has 2 atom stereocenters. The van der Waals surface area contributed by atoms with Crippen LogP contribution in [0.15, 0.2) is 24.3 Å². The monoisotopic (exact) mass is 414 g/mol. The van der Waals surface area contributed by atoms with Crippen LogP contribution in [0.5, 0.6) is 0 Å². The van der Waals surface area contributed by atoms with Gasteiger partial charge >= 0.3 is 6.09 Å². The van der Waals surface area contributed by atoms with Crippen LogP contribution >= 0.6 is 11.6 Å². The Balaban J connectivity index is 1.70. The number of halogens is 1. The third kappa shape index (κ3) is 3.96. The average molecular weight is 415 g/mol. The number of likely N-dealkylation sites (tertiary alicyclic amines) is 1. The van der Waals surface area contributed by atoms with E-state index in [2.05, 4.69) is 0 Å². The van der Waals surface area contributed by atoms with Gasteiger partial charge in [-0.3, -0.25) is 0 Å². The molecule has 2 heterocycles. The summed E-state index contributed by atoms with van der Waals surface area (Å²) in [6.45, 7) is 6.66. The number of carbonyl (C=O) groups is 1. The lowest BCUT2D eigenvalue weighted by molar-refractivity contribution is 0.0218. The highest BCUT2D eigenvalue weighted by molar-refractivity contribution is 7.89. The lowest BCUT2D eigenvalue weighted by Gasteiger charge is -2.53. The predicted molar refractivity (Wildman–Crippen MR) is 106 cm³/mol. The van der Waals surface area contributed by atoms with Crippen molar-refractivity contribution in [2.75, 3.05) is 19.6 Å². The molecule has 27 heavy (non-hydrogen) atoms. The minimum Gasteiger partial charge on any atom is -0.465 e. The quantitative estimate of drug-likeness (QED) is 0.819. The Bertz CT molecular complexity index is 796. The molecule has 2 aliphatic heterocycles. The molecule has 0 spiro atoms. The first kappa shape index (κ1) is 20.4. The van der Waals surface area contributed by atoms with Gasteiger partial charge in [0.25, 0.3) is 0 Å². The zero-order chi connectivity index (χ0) is 20.0. The third-order valence-corrected chi connectivity index (χ3v) is 8.24. The first-order valence-electron chi connectivity index (χ1n) is 9.26. The van der Waals surface area contributed by atoms with Gasteiger partial charge < -0.3 is 10.0 Å². The third-order valence-electron chi connectivity index (χ3n) is 5.74. The average Bonchev–Trinajstić information content (AvgIpc) is 2.52. The molecule has 0 aromatic heterocycles. The molecule has 1 amide bonds. The number of piperidine rings is 1. The molecular weight excluding hydrogens is 388 g/mol. The van der Waals surface area contributed by atoms with Crippen LogP contribution in [0, 0.1) is 5.41 Å². The summed E-state index contributed by atoms with van der Waals surface area (Å²) < 4.78 is 27.9. The van der Waals surface area contributed by atoms with E-state index in [0.717, 1.165) is 12.8 Å². The Morgan fingerprint density at radius 3 is 2.19 bits per heavy atom. The SMILES string of the molecule is CC(C)(C)C1C(S(=O)(=O)N2CCC(c3ccc(Cl)cc3)CC2)CN1C(=O)O. The second kappa shape index (κ2) is 7.26. The highest BCUT2D eigenvalue weighted by atomic mass is 35.5. The number of hydrogen-bond acceptors (Lipinski definition) is 3. The Hall–Kier alpha value is -1.31. The first-order valence-corrected chi connectivity index (χ1v) is 11.1. The predicted octanol–water partition coefficient (Wildman–Crippen LogP) is 3.63. The Kier molecular flexibility index (Phi) is 5.49. The lowest BCUT2D eigenvalue weighted by atomic mass is 9.79. The molecule has 0 radical (unpaired) electrons. The van der Waals surface area contributed by atoms with E-state index in [1.807, 2.05) is 45.0 Å². The summed E-state index contributed by atoms with van der Waals surface area (Å²) in [6.07, 6.45) is 0.468. The fraction of sp³-hybridized carbons (Fsp3) is 0.632. The summed E-state index contributed by atoms with van der Waals surface area (Å²) in [7, 11) is -3.53. The Morgan fingerprint density at radius 1 is 1.15 bits per heavy atom. The Labute approximate surface area is 166 Å². The maximum absolute atomic E-state index is 13.2. The molecular formula is C19H27ClN2O4S. The van der Waals surface area contributed by atoms with E-state index in [-0.39, 0.29) is 6.54 Å². The Morgan fingerprint density at radius 2 is 1.70 bits per heavy atom. The van der Waals surface area contributed by atoms with E-state index in [1.54, 1.807) is 4.31 Å². The van der Waals surface area contributed by atoms with Crippen molar-refractivity contribution in [3.63, 3.8) is 0 Å². The van der Waals surface area contributed by atoms with Crippen molar-refractivity contribution in [3.8, 4) is 0 Å². The highest BCUT2D eigenvalue weighted by Crippen LogP contribution is 2.40. The number of rotatable bonds is 3. The number of hydrogen-bond donors (Lipinski definition) is 1. The van der Waals surface area contributed by atoms with E-state index in [0.29, 0.717) is 24.0 Å². The molecule has 2 aliphatic rings. The molecule has 0 saturated carbocycles. The summed E-state index contributed by atoms with van der Waals surface area (Å²) >= 11 is 5.94. The number of nitrogens with zero attached hydrogens (tertiary/aromatic N) is 2. The number of carboxylic acid groups (broad SMARTS) is 1. The van der Waals surface area contributed by atoms with Gasteiger partial charge in [0.2, 0.25) is 10.0 Å². The topological polar surface area (TPSA) is 77.9 Å². The number of amides is 1. The van der Waals surface area contributed by atoms with Crippen LogP contribution in [-0.2, 0) is 10.0 Å². The molecule has 6 nitrogen and oxygen atoms in total. The van der Waals surface area contributed by atoms with Crippen LogP contribution in [0.4, 0.5) is 4.79 Å². The van der Waals surface area contributed by atoms with Gasteiger partial charge in [-0.15, -0.1) is 0 Å². The summed E-state index contributed by atoms with van der Waals surface area (Å²) in [4.78, 5) is 12.7. The lowest BCUT2D eigenvalue weighted by Crippen LogP contribution is -2.70. The van der Waals surface area contributed by atoms with Crippen molar-refractivity contribution in [1.29, 1.82) is 0 Å². The van der Waals surface area contributed by atoms with Gasteiger partial charge in [0, 0.05) is 24.7 Å². The van der Waals surface area contributed by atoms with Gasteiger partial charge in [0.15, 0.2) is 0 Å². The van der Waals surface area contributed by atoms with Crippen LogP contribution < -0.4 is 0 Å². The number of benzene rings is 1. The molecule has 2 saturated heterocycles. The van der Waals surface area contributed by atoms with Gasteiger partial charge in [-0.2, -0.15) is 0 Å². The first-order chi connectivity index (χ1) is 12.5. The van der Waals surface area contributed by atoms with E-state index in [4.69, 9.17) is 11.6 Å². The van der Waals surface area contributed by atoms with Crippen molar-refractivity contribution in [2.45, 2.75) is 50.8 Å². The molecule has 1 aromatic rings. The zero-order valence-corrected chi connectivity index (χ0v) is 17.5. The van der Waals surface area contributed by atoms with E-state index in [9.17, 15) is 18.3 Å². The van der Waals surface area contributed by atoms with E-state index in [1.165, 1.54) is 10.5 Å². The maximum Gasteiger partial charge on any atom is 0.407 e.